The molecule has 1 N–H and O–H groups in total. The first-order chi connectivity index (χ1) is 33.6. The van der Waals surface area contributed by atoms with Crippen molar-refractivity contribution in [2.45, 2.75) is 193 Å². The van der Waals surface area contributed by atoms with Crippen LogP contribution < -0.4 is 9.80 Å². The van der Waals surface area contributed by atoms with Crippen LogP contribution in [0.25, 0.3) is 0 Å². The van der Waals surface area contributed by atoms with Gasteiger partial charge in [0.2, 0.25) is 0 Å². The van der Waals surface area contributed by atoms with Crippen molar-refractivity contribution in [3.63, 3.8) is 0 Å². The van der Waals surface area contributed by atoms with E-state index in [1.807, 2.05) is 44.7 Å². The Bertz CT molecular complexity index is 2340. The Labute approximate surface area is 431 Å². The van der Waals surface area contributed by atoms with Gasteiger partial charge in [-0.15, -0.1) is 0 Å². The molecule has 15 nitrogen and oxygen atoms in total. The van der Waals surface area contributed by atoms with Crippen LogP contribution in [0.3, 0.4) is 0 Å². The first-order valence-electron chi connectivity index (χ1n) is 25.9. The number of aliphatic hydroxyl groups is 1. The molecule has 0 spiro atoms. The smallest absolute Gasteiger partial charge is 0.416 e. The van der Waals surface area contributed by atoms with E-state index in [1.54, 1.807) is 21.9 Å². The summed E-state index contributed by atoms with van der Waals surface area (Å²) >= 11 is 0. The fourth-order valence-corrected chi connectivity index (χ4v) is 12.4. The average molecular weight is 1030 g/mol. The molecule has 5 heterocycles. The number of rotatable bonds is 10. The average Bonchev–Trinajstić information content (AvgIpc) is 3.45. The highest BCUT2D eigenvalue weighted by Crippen LogP contribution is 2.44. The molecule has 17 heteroatoms. The fraction of sp³-hybridized carbons (Fsp3) is 0.636. The molecule has 0 saturated carbocycles. The van der Waals surface area contributed by atoms with Crippen molar-refractivity contribution in [2.24, 2.45) is 0 Å². The number of aryl methyl sites for hydroxylation is 4. The van der Waals surface area contributed by atoms with Gasteiger partial charge >= 0.3 is 12.2 Å². The zero-order valence-corrected chi connectivity index (χ0v) is 47.7. The molecule has 0 aromatic heterocycles. The second-order valence-electron chi connectivity index (χ2n) is 23.3. The van der Waals surface area contributed by atoms with E-state index >= 15 is 0 Å². The molecule has 72 heavy (non-hydrogen) atoms. The number of amides is 4. The maximum Gasteiger partial charge on any atom is 0.416 e. The lowest BCUT2D eigenvalue weighted by atomic mass is 9.97. The summed E-state index contributed by atoms with van der Waals surface area (Å²) in [5.41, 5.74) is 5.62. The molecule has 3 unspecified atom stereocenters. The van der Waals surface area contributed by atoms with Gasteiger partial charge in [-0.05, 0) is 155 Å². The summed E-state index contributed by atoms with van der Waals surface area (Å²) in [6.07, 6.45) is 4.25. The van der Waals surface area contributed by atoms with Crippen molar-refractivity contribution in [1.82, 2.24) is 9.80 Å². The molecule has 4 amide bonds. The van der Waals surface area contributed by atoms with Gasteiger partial charge in [-0.3, -0.25) is 9.59 Å². The van der Waals surface area contributed by atoms with E-state index in [0.29, 0.717) is 61.5 Å². The summed E-state index contributed by atoms with van der Waals surface area (Å²) in [6, 6.07) is 6.35. The Hall–Kier alpha value is -4.37. The monoisotopic (exact) mass is 1030 g/mol. The first kappa shape index (κ1) is 56.9. The summed E-state index contributed by atoms with van der Waals surface area (Å²) in [5.74, 6) is -0.275. The molecular weight excluding hydrogens is 949 g/mol. The van der Waals surface area contributed by atoms with Gasteiger partial charge in [-0.25, -0.2) is 19.4 Å². The number of fused-ring (bicyclic) bond motifs is 4. The molecule has 5 aliphatic heterocycles. The van der Waals surface area contributed by atoms with Gasteiger partial charge in [0.25, 0.3) is 11.8 Å². The maximum absolute atomic E-state index is 14.1. The maximum atomic E-state index is 14.1. The van der Waals surface area contributed by atoms with E-state index < -0.39 is 59.7 Å². The normalized spacial score (nSPS) is 24.8. The number of carbonyl (C=O) groups excluding carboxylic acids is 4. The van der Waals surface area contributed by atoms with Gasteiger partial charge in [-0.1, -0.05) is 66.9 Å². The first-order valence-corrected chi connectivity index (χ1v) is 31.7. The van der Waals surface area contributed by atoms with E-state index in [9.17, 15) is 24.3 Å². The minimum atomic E-state index is -2.06. The van der Waals surface area contributed by atoms with Crippen molar-refractivity contribution >= 4 is 52.0 Å². The van der Waals surface area contributed by atoms with Crippen molar-refractivity contribution in [3.05, 3.63) is 83.0 Å². The summed E-state index contributed by atoms with van der Waals surface area (Å²) in [7, 11) is -4.10. The fourth-order valence-electron chi connectivity index (χ4n) is 9.59. The molecule has 7 atom stereocenters. The van der Waals surface area contributed by atoms with Crippen molar-refractivity contribution in [2.75, 3.05) is 42.7 Å². The van der Waals surface area contributed by atoms with Gasteiger partial charge in [0.15, 0.2) is 35.4 Å². The van der Waals surface area contributed by atoms with Crippen molar-refractivity contribution < 1.29 is 52.1 Å². The lowest BCUT2D eigenvalue weighted by Gasteiger charge is -2.47. The van der Waals surface area contributed by atoms with Crippen LogP contribution in [0.1, 0.15) is 129 Å². The predicted octanol–water partition coefficient (Wildman–Crippen LogP) is 11.1. The Morgan fingerprint density at radius 3 is 1.56 bits per heavy atom. The number of hydrogen-bond acceptors (Lipinski definition) is 11. The molecule has 7 rings (SSSR count). The van der Waals surface area contributed by atoms with Crippen molar-refractivity contribution in [1.29, 1.82) is 0 Å². The Morgan fingerprint density at radius 2 is 1.11 bits per heavy atom. The summed E-state index contributed by atoms with van der Waals surface area (Å²) in [5, 5.41) is 11.6. The highest BCUT2D eigenvalue weighted by atomic mass is 28.4. The molecule has 5 aliphatic rings. The van der Waals surface area contributed by atoms with E-state index in [4.69, 9.17) is 27.8 Å². The van der Waals surface area contributed by atoms with E-state index in [0.717, 1.165) is 47.9 Å². The van der Waals surface area contributed by atoms with Gasteiger partial charge in [0, 0.05) is 31.9 Å². The number of hydrogen-bond donors (Lipinski definition) is 1. The molecular formula is C55H84N4O11Si2. The largest absolute Gasteiger partial charge is 0.445 e. The molecule has 3 fully saturated rings. The van der Waals surface area contributed by atoms with Crippen LogP contribution in [0.4, 0.5) is 21.0 Å². The summed E-state index contributed by atoms with van der Waals surface area (Å²) in [6.45, 7) is 38.9. The minimum Gasteiger partial charge on any atom is -0.445 e. The topological polar surface area (TPSA) is 157 Å². The van der Waals surface area contributed by atoms with Gasteiger partial charge in [0.1, 0.15) is 13.2 Å². The Balaban J connectivity index is 0.000000239. The summed E-state index contributed by atoms with van der Waals surface area (Å²) < 4.78 is 37.0. The Kier molecular flexibility index (Phi) is 17.9. The molecule has 2 aromatic rings. The molecule has 3 saturated heterocycles. The van der Waals surface area contributed by atoms with E-state index in [-0.39, 0.29) is 47.3 Å². The van der Waals surface area contributed by atoms with Crippen molar-refractivity contribution in [3.8, 4) is 0 Å². The zero-order valence-electron chi connectivity index (χ0n) is 45.7. The minimum absolute atomic E-state index is 0.0155. The van der Waals surface area contributed by atoms with Crippen LogP contribution in [-0.2, 0) is 27.8 Å². The molecule has 0 radical (unpaired) electrons. The standard InChI is InChI=1S/C30H46N2O6Si.C25H38N2O5Si/c1-9-15-36-29(34)32-24-18-21(3)20(2)17-23(24)27(33)31-14-13-22(38-39(7,8)30(4,5)6)19-25(31)28(32)37-26-12-10-11-16-35-26;1-9-12-31-24(30)27-20-14-17(3)16(2)13-19(20)22(28)26-11-10-18(15-21(26)23(27)29)32-33(7,8)25(4,5)6/h9,17-18,22,25-26,28H,1,10-16,19H2,2-8H3;9,13-14,18,21,23,29H,1,10-12,15H2,2-8H3/t22-,25+,26?,28?;18-,21+,23?/m11/s1. The predicted molar refractivity (Wildman–Crippen MR) is 287 cm³/mol. The third-order valence-corrected chi connectivity index (χ3v) is 25.2. The highest BCUT2D eigenvalue weighted by Gasteiger charge is 2.51. The second-order valence-corrected chi connectivity index (χ2v) is 32.8. The van der Waals surface area contributed by atoms with E-state index in [1.165, 1.54) is 17.1 Å². The van der Waals surface area contributed by atoms with Crippen LogP contribution in [0, 0.1) is 27.7 Å². The number of benzene rings is 2. The molecule has 0 bridgehead atoms. The molecule has 398 valence electrons. The number of anilines is 2. The van der Waals surface area contributed by atoms with Gasteiger partial charge < -0.3 is 42.7 Å². The number of aliphatic hydroxyl groups excluding tert-OH is 1. The van der Waals surface area contributed by atoms with Gasteiger partial charge in [0.05, 0.1) is 34.6 Å². The Morgan fingerprint density at radius 1 is 0.681 bits per heavy atom. The van der Waals surface area contributed by atoms with Crippen LogP contribution in [0.5, 0.6) is 0 Å². The number of piperidine rings is 2. The zero-order chi connectivity index (χ0) is 53.2. The quantitative estimate of drug-likeness (QED) is 0.178. The third-order valence-electron chi connectivity index (χ3n) is 16.1. The van der Waals surface area contributed by atoms with Crippen LogP contribution in [-0.4, -0.2) is 131 Å². The number of nitrogens with zero attached hydrogens (tertiary/aromatic N) is 4. The van der Waals surface area contributed by atoms with E-state index in [2.05, 4.69) is 80.9 Å². The van der Waals surface area contributed by atoms with Crippen LogP contribution >= 0.6 is 0 Å². The number of carbonyl (C=O) groups is 4. The molecule has 2 aromatic carbocycles. The molecule has 0 aliphatic carbocycles. The van der Waals surface area contributed by atoms with Crippen LogP contribution in [0.15, 0.2) is 49.6 Å². The number of ether oxygens (including phenoxy) is 4. The third kappa shape index (κ3) is 12.2. The second kappa shape index (κ2) is 22.6. The van der Waals surface area contributed by atoms with Crippen LogP contribution in [0.2, 0.25) is 36.3 Å². The SMILES string of the molecule is C=CCOC(=O)N1c2cc(C)c(C)cc2C(=O)N2CC[C@@H](O[Si](C)(C)C(C)(C)C)C[C@H]2C1O.C=CCOC(=O)N1c2cc(C)c(C)cc2C(=O)N2CC[C@@H](O[Si](C)(C)C(C)(C)C)C[C@H]2C1OC1CCCCO1. The van der Waals surface area contributed by atoms with Gasteiger partial charge in [-0.2, -0.15) is 0 Å². The highest BCUT2D eigenvalue weighted by molar-refractivity contribution is 6.74. The lowest BCUT2D eigenvalue weighted by molar-refractivity contribution is -0.200. The summed E-state index contributed by atoms with van der Waals surface area (Å²) in [4.78, 5) is 60.8. The lowest BCUT2D eigenvalue weighted by Crippen LogP contribution is -2.60.